The van der Waals surface area contributed by atoms with Crippen LogP contribution in [-0.4, -0.2) is 17.9 Å². The molecule has 0 aliphatic heterocycles. The van der Waals surface area contributed by atoms with Crippen molar-refractivity contribution in [1.82, 2.24) is 10.6 Å². The summed E-state index contributed by atoms with van der Waals surface area (Å²) in [5, 5.41) is 5.61. The molecule has 1 aromatic rings. The molecule has 0 aliphatic carbocycles. The molecule has 1 aromatic carbocycles. The third kappa shape index (κ3) is 4.68. The molecule has 0 saturated heterocycles. The number of urea groups is 1. The fourth-order valence-electron chi connectivity index (χ4n) is 2.12. The molecule has 2 N–H and O–H groups in total. The normalized spacial score (nSPS) is 14.2. The average molecular weight is 276 g/mol. The van der Waals surface area contributed by atoms with E-state index in [1.807, 2.05) is 58.0 Å². The van der Waals surface area contributed by atoms with Gasteiger partial charge in [0.25, 0.3) is 0 Å². The summed E-state index contributed by atoms with van der Waals surface area (Å²) in [5.74, 6) is -0.0417. The Kier molecular flexibility index (Phi) is 5.31. The Morgan fingerprint density at radius 1 is 1.05 bits per heavy atom. The Morgan fingerprint density at radius 2 is 1.60 bits per heavy atom. The van der Waals surface area contributed by atoms with E-state index in [1.165, 1.54) is 6.92 Å². The first-order chi connectivity index (χ1) is 9.21. The minimum atomic E-state index is -0.495. The lowest BCUT2D eigenvalue weighted by atomic mass is 9.84. The molecule has 1 rings (SSSR count). The molecule has 110 valence electrons. The van der Waals surface area contributed by atoms with E-state index < -0.39 is 6.04 Å². The Labute approximate surface area is 121 Å². The molecule has 0 saturated carbocycles. The third-order valence-electron chi connectivity index (χ3n) is 3.20. The SMILES string of the molecule is CC(=O)C(NC(=O)NC(C)c1ccccc1)C(C)(C)C. The van der Waals surface area contributed by atoms with E-state index >= 15 is 0 Å². The maximum Gasteiger partial charge on any atom is 0.315 e. The van der Waals surface area contributed by atoms with E-state index in [4.69, 9.17) is 0 Å². The fraction of sp³-hybridized carbons (Fsp3) is 0.500. The zero-order chi connectivity index (χ0) is 15.3. The maximum atomic E-state index is 12.0. The molecular weight excluding hydrogens is 252 g/mol. The van der Waals surface area contributed by atoms with Crippen LogP contribution < -0.4 is 10.6 Å². The van der Waals surface area contributed by atoms with Crippen LogP contribution in [0.25, 0.3) is 0 Å². The summed E-state index contributed by atoms with van der Waals surface area (Å²) in [5.41, 5.74) is 0.719. The quantitative estimate of drug-likeness (QED) is 0.888. The zero-order valence-corrected chi connectivity index (χ0v) is 12.9. The summed E-state index contributed by atoms with van der Waals surface area (Å²) in [7, 11) is 0. The lowest BCUT2D eigenvalue weighted by Gasteiger charge is -2.29. The minimum Gasteiger partial charge on any atom is -0.332 e. The van der Waals surface area contributed by atoms with Gasteiger partial charge in [-0.2, -0.15) is 0 Å². The van der Waals surface area contributed by atoms with Gasteiger partial charge in [-0.3, -0.25) is 4.79 Å². The van der Waals surface area contributed by atoms with Crippen molar-refractivity contribution in [3.8, 4) is 0 Å². The molecule has 2 atom stereocenters. The summed E-state index contributed by atoms with van der Waals surface area (Å²) in [6, 6.07) is 8.78. The summed E-state index contributed by atoms with van der Waals surface area (Å²) in [6.45, 7) is 9.20. The van der Waals surface area contributed by atoms with Crippen LogP contribution in [-0.2, 0) is 4.79 Å². The van der Waals surface area contributed by atoms with Gasteiger partial charge >= 0.3 is 6.03 Å². The second-order valence-corrected chi connectivity index (χ2v) is 6.16. The van der Waals surface area contributed by atoms with Crippen molar-refractivity contribution >= 4 is 11.8 Å². The topological polar surface area (TPSA) is 58.2 Å². The molecule has 0 spiro atoms. The predicted octanol–water partition coefficient (Wildman–Crippen LogP) is 3.05. The van der Waals surface area contributed by atoms with Gasteiger partial charge in [-0.15, -0.1) is 0 Å². The molecule has 0 aliphatic rings. The molecule has 0 heterocycles. The van der Waals surface area contributed by atoms with Crippen LogP contribution in [0.2, 0.25) is 0 Å². The van der Waals surface area contributed by atoms with E-state index in [9.17, 15) is 9.59 Å². The Morgan fingerprint density at radius 3 is 2.05 bits per heavy atom. The van der Waals surface area contributed by atoms with Gasteiger partial charge in [-0.05, 0) is 24.8 Å². The first-order valence-electron chi connectivity index (χ1n) is 6.84. The summed E-state index contributed by atoms with van der Waals surface area (Å²) in [4.78, 5) is 23.7. The summed E-state index contributed by atoms with van der Waals surface area (Å²) in [6.07, 6.45) is 0. The number of Topliss-reactive ketones (excluding diaryl/α,β-unsaturated/α-hetero) is 1. The van der Waals surface area contributed by atoms with Gasteiger partial charge in [0.15, 0.2) is 5.78 Å². The number of nitrogens with one attached hydrogen (secondary N) is 2. The molecule has 4 heteroatoms. The third-order valence-corrected chi connectivity index (χ3v) is 3.20. The van der Waals surface area contributed by atoms with Crippen LogP contribution >= 0.6 is 0 Å². The molecule has 0 bridgehead atoms. The van der Waals surface area contributed by atoms with Crippen molar-refractivity contribution in [2.24, 2.45) is 5.41 Å². The largest absolute Gasteiger partial charge is 0.332 e. The van der Waals surface area contributed by atoms with Crippen LogP contribution in [0.5, 0.6) is 0 Å². The van der Waals surface area contributed by atoms with Gasteiger partial charge in [-0.1, -0.05) is 51.1 Å². The fourth-order valence-corrected chi connectivity index (χ4v) is 2.12. The van der Waals surface area contributed by atoms with Crippen molar-refractivity contribution in [3.05, 3.63) is 35.9 Å². The van der Waals surface area contributed by atoms with Gasteiger partial charge in [-0.25, -0.2) is 4.79 Å². The van der Waals surface area contributed by atoms with Crippen LogP contribution in [0.3, 0.4) is 0 Å². The molecule has 2 unspecified atom stereocenters. The van der Waals surface area contributed by atoms with Crippen molar-refractivity contribution in [1.29, 1.82) is 0 Å². The molecule has 4 nitrogen and oxygen atoms in total. The molecule has 0 radical (unpaired) electrons. The van der Waals surface area contributed by atoms with Gasteiger partial charge in [0, 0.05) is 0 Å². The van der Waals surface area contributed by atoms with Crippen LogP contribution in [0.15, 0.2) is 30.3 Å². The number of amides is 2. The van der Waals surface area contributed by atoms with E-state index in [0.29, 0.717) is 0 Å². The van der Waals surface area contributed by atoms with E-state index in [1.54, 1.807) is 0 Å². The van der Waals surface area contributed by atoms with Crippen LogP contribution in [0.4, 0.5) is 4.79 Å². The lowest BCUT2D eigenvalue weighted by Crippen LogP contribution is -2.51. The molecule has 20 heavy (non-hydrogen) atoms. The summed E-state index contributed by atoms with van der Waals surface area (Å²) >= 11 is 0. The van der Waals surface area contributed by atoms with Crippen molar-refractivity contribution in [3.63, 3.8) is 0 Å². The predicted molar refractivity (Wildman–Crippen MR) is 80.4 cm³/mol. The number of hydrogen-bond acceptors (Lipinski definition) is 2. The molecular formula is C16H24N2O2. The first kappa shape index (κ1) is 16.2. The van der Waals surface area contributed by atoms with Crippen LogP contribution in [0, 0.1) is 5.41 Å². The monoisotopic (exact) mass is 276 g/mol. The van der Waals surface area contributed by atoms with Gasteiger partial charge in [0.2, 0.25) is 0 Å². The summed E-state index contributed by atoms with van der Waals surface area (Å²) < 4.78 is 0. The zero-order valence-electron chi connectivity index (χ0n) is 12.9. The van der Waals surface area contributed by atoms with Crippen LogP contribution in [0.1, 0.15) is 46.2 Å². The smallest absolute Gasteiger partial charge is 0.315 e. The van der Waals surface area contributed by atoms with Gasteiger partial charge in [0.05, 0.1) is 12.1 Å². The van der Waals surface area contributed by atoms with E-state index in [2.05, 4.69) is 10.6 Å². The molecule has 0 aromatic heterocycles. The van der Waals surface area contributed by atoms with Gasteiger partial charge in [0.1, 0.15) is 0 Å². The molecule has 0 fully saturated rings. The highest BCUT2D eigenvalue weighted by molar-refractivity contribution is 5.87. The number of carbonyl (C=O) groups is 2. The lowest BCUT2D eigenvalue weighted by molar-refractivity contribution is -0.121. The van der Waals surface area contributed by atoms with Crippen molar-refractivity contribution in [2.45, 2.75) is 46.7 Å². The van der Waals surface area contributed by atoms with E-state index in [0.717, 1.165) is 5.56 Å². The number of hydrogen-bond donors (Lipinski definition) is 2. The average Bonchev–Trinajstić information content (AvgIpc) is 2.35. The van der Waals surface area contributed by atoms with Crippen molar-refractivity contribution in [2.75, 3.05) is 0 Å². The first-order valence-corrected chi connectivity index (χ1v) is 6.84. The second kappa shape index (κ2) is 6.55. The Bertz CT molecular complexity index is 463. The number of benzene rings is 1. The highest BCUT2D eigenvalue weighted by Gasteiger charge is 2.30. The maximum absolute atomic E-state index is 12.0. The Balaban J connectivity index is 2.65. The standard InChI is InChI=1S/C16H24N2O2/c1-11(13-9-7-6-8-10-13)17-15(20)18-14(12(2)19)16(3,4)5/h6-11,14H,1-5H3,(H2,17,18,20). The number of rotatable bonds is 4. The second-order valence-electron chi connectivity index (χ2n) is 6.16. The minimum absolute atomic E-state index is 0.0417. The van der Waals surface area contributed by atoms with Gasteiger partial charge < -0.3 is 10.6 Å². The van der Waals surface area contributed by atoms with Crippen molar-refractivity contribution < 1.29 is 9.59 Å². The number of carbonyl (C=O) groups excluding carboxylic acids is 2. The number of ketones is 1. The Hall–Kier alpha value is -1.84. The highest BCUT2D eigenvalue weighted by Crippen LogP contribution is 2.20. The highest BCUT2D eigenvalue weighted by atomic mass is 16.2. The van der Waals surface area contributed by atoms with E-state index in [-0.39, 0.29) is 23.3 Å². The molecule has 2 amide bonds.